The summed E-state index contributed by atoms with van der Waals surface area (Å²) in [7, 11) is 1.53. The predicted molar refractivity (Wildman–Crippen MR) is 74.2 cm³/mol. The number of carboxylic acid groups (broad SMARTS) is 1. The molecule has 110 valence electrons. The topological polar surface area (TPSA) is 76.1 Å². The minimum atomic E-state index is -1.10. The zero-order chi connectivity index (χ0) is 15.0. The summed E-state index contributed by atoms with van der Waals surface area (Å²) in [6, 6.07) is 6.54. The van der Waals surface area contributed by atoms with Gasteiger partial charge in [-0.15, -0.1) is 0 Å². The maximum atomic E-state index is 11.9. The van der Waals surface area contributed by atoms with E-state index in [-0.39, 0.29) is 6.61 Å². The van der Waals surface area contributed by atoms with E-state index in [4.69, 9.17) is 14.6 Å². The summed E-state index contributed by atoms with van der Waals surface area (Å²) in [5.74, 6) is -0.475. The molecule has 0 aliphatic heterocycles. The largest absolute Gasteiger partial charge is 0.497 e. The third-order valence-corrected chi connectivity index (χ3v) is 2.62. The molecule has 0 aromatic heterocycles. The Labute approximate surface area is 117 Å². The fraction of sp³-hybridized carbons (Fsp3) is 0.429. The Bertz CT molecular complexity index is 443. The highest BCUT2D eigenvalue weighted by Crippen LogP contribution is 2.20. The van der Waals surface area contributed by atoms with Crippen molar-refractivity contribution in [2.75, 3.05) is 25.2 Å². The summed E-state index contributed by atoms with van der Waals surface area (Å²) in [4.78, 5) is 23.9. The van der Waals surface area contributed by atoms with E-state index >= 15 is 0 Å². The number of anilines is 1. The number of amides is 1. The Morgan fingerprint density at radius 2 is 1.90 bits per heavy atom. The average Bonchev–Trinajstić information content (AvgIpc) is 2.45. The monoisotopic (exact) mass is 281 g/mol. The molecule has 0 aliphatic rings. The van der Waals surface area contributed by atoms with E-state index in [9.17, 15) is 9.59 Å². The molecule has 0 saturated carbocycles. The summed E-state index contributed by atoms with van der Waals surface area (Å²) in [6.07, 6.45) is 0.982. The van der Waals surface area contributed by atoms with E-state index in [0.29, 0.717) is 11.4 Å². The summed E-state index contributed by atoms with van der Waals surface area (Å²) in [6.45, 7) is 1.81. The molecular weight excluding hydrogens is 262 g/mol. The van der Waals surface area contributed by atoms with Crippen LogP contribution in [0.15, 0.2) is 24.3 Å². The van der Waals surface area contributed by atoms with Gasteiger partial charge >= 0.3 is 12.1 Å². The molecule has 0 fully saturated rings. The van der Waals surface area contributed by atoms with Gasteiger partial charge in [-0.3, -0.25) is 9.69 Å². The van der Waals surface area contributed by atoms with Crippen LogP contribution in [0.4, 0.5) is 10.5 Å². The first-order chi connectivity index (χ1) is 9.58. The molecule has 1 N–H and O–H groups in total. The van der Waals surface area contributed by atoms with Crippen LogP contribution in [0.3, 0.4) is 0 Å². The van der Waals surface area contributed by atoms with Crippen molar-refractivity contribution >= 4 is 17.7 Å². The normalized spacial score (nSPS) is 9.90. The van der Waals surface area contributed by atoms with Crippen LogP contribution in [0.1, 0.15) is 19.8 Å². The van der Waals surface area contributed by atoms with Crippen LogP contribution in [0, 0.1) is 0 Å². The number of nitrogens with zero attached hydrogens (tertiary/aromatic N) is 1. The number of carbonyl (C=O) groups excluding carboxylic acids is 1. The minimum Gasteiger partial charge on any atom is -0.497 e. The number of hydrogen-bond donors (Lipinski definition) is 1. The van der Waals surface area contributed by atoms with Crippen LogP contribution in [-0.2, 0) is 9.53 Å². The molecular formula is C14H19NO5. The first-order valence-electron chi connectivity index (χ1n) is 6.38. The quantitative estimate of drug-likeness (QED) is 0.777. The van der Waals surface area contributed by atoms with Crippen molar-refractivity contribution < 1.29 is 24.2 Å². The number of unbranched alkanes of at least 4 members (excludes halogenated alkanes) is 1. The van der Waals surface area contributed by atoms with Gasteiger partial charge in [0, 0.05) is 5.69 Å². The lowest BCUT2D eigenvalue weighted by Crippen LogP contribution is -2.36. The van der Waals surface area contributed by atoms with Gasteiger partial charge in [0.25, 0.3) is 0 Å². The number of hydrogen-bond acceptors (Lipinski definition) is 4. The Kier molecular flexibility index (Phi) is 6.36. The summed E-state index contributed by atoms with van der Waals surface area (Å²) < 4.78 is 10.1. The molecule has 1 aromatic carbocycles. The van der Waals surface area contributed by atoms with Crippen molar-refractivity contribution in [2.45, 2.75) is 19.8 Å². The van der Waals surface area contributed by atoms with Crippen molar-refractivity contribution in [1.82, 2.24) is 0 Å². The van der Waals surface area contributed by atoms with Gasteiger partial charge in [0.15, 0.2) is 0 Å². The van der Waals surface area contributed by atoms with Crippen LogP contribution < -0.4 is 9.64 Å². The van der Waals surface area contributed by atoms with E-state index in [1.165, 1.54) is 7.11 Å². The first-order valence-corrected chi connectivity index (χ1v) is 6.38. The number of carboxylic acids is 1. The second-order valence-electron chi connectivity index (χ2n) is 4.15. The van der Waals surface area contributed by atoms with E-state index in [2.05, 4.69) is 0 Å². The van der Waals surface area contributed by atoms with Gasteiger partial charge in [0.1, 0.15) is 12.3 Å². The maximum Gasteiger partial charge on any atom is 0.414 e. The predicted octanol–water partition coefficient (Wildman–Crippen LogP) is 2.52. The molecule has 20 heavy (non-hydrogen) atoms. The van der Waals surface area contributed by atoms with Crippen LogP contribution in [0.25, 0.3) is 0 Å². The minimum absolute atomic E-state index is 0.279. The van der Waals surface area contributed by atoms with Crippen LogP contribution >= 0.6 is 0 Å². The van der Waals surface area contributed by atoms with E-state index in [0.717, 1.165) is 17.7 Å². The third kappa shape index (κ3) is 4.79. The zero-order valence-corrected chi connectivity index (χ0v) is 11.7. The Morgan fingerprint density at radius 1 is 1.25 bits per heavy atom. The molecule has 0 unspecified atom stereocenters. The molecule has 0 aliphatic carbocycles. The summed E-state index contributed by atoms with van der Waals surface area (Å²) in [5.41, 5.74) is 0.453. The molecule has 1 rings (SSSR count). The SMILES string of the molecule is CCCCOC(=O)N(CC(=O)O)c1ccc(OC)cc1. The number of ether oxygens (including phenoxy) is 2. The Hall–Kier alpha value is -2.24. The Morgan fingerprint density at radius 3 is 2.40 bits per heavy atom. The van der Waals surface area contributed by atoms with Gasteiger partial charge in [-0.1, -0.05) is 13.3 Å². The second-order valence-corrected chi connectivity index (χ2v) is 4.15. The fourth-order valence-electron chi connectivity index (χ4n) is 1.54. The van der Waals surface area contributed by atoms with Crippen LogP contribution in [0.2, 0.25) is 0 Å². The molecule has 0 heterocycles. The van der Waals surface area contributed by atoms with E-state index < -0.39 is 18.6 Å². The maximum absolute atomic E-state index is 11.9. The fourth-order valence-corrected chi connectivity index (χ4v) is 1.54. The van der Waals surface area contributed by atoms with Crippen molar-refractivity contribution in [3.05, 3.63) is 24.3 Å². The molecule has 0 spiro atoms. The molecule has 0 saturated heterocycles. The lowest BCUT2D eigenvalue weighted by Gasteiger charge is -2.20. The van der Waals surface area contributed by atoms with Crippen molar-refractivity contribution in [1.29, 1.82) is 0 Å². The van der Waals surface area contributed by atoms with Gasteiger partial charge in [0.2, 0.25) is 0 Å². The van der Waals surface area contributed by atoms with Crippen molar-refractivity contribution in [3.63, 3.8) is 0 Å². The number of aliphatic carboxylic acids is 1. The molecule has 1 amide bonds. The highest BCUT2D eigenvalue weighted by molar-refractivity contribution is 5.93. The number of benzene rings is 1. The van der Waals surface area contributed by atoms with Crippen LogP contribution in [0.5, 0.6) is 5.75 Å². The molecule has 0 radical (unpaired) electrons. The van der Waals surface area contributed by atoms with Crippen LogP contribution in [-0.4, -0.2) is 37.4 Å². The standard InChI is InChI=1S/C14H19NO5/c1-3-4-9-20-14(18)15(10-13(16)17)11-5-7-12(19-2)8-6-11/h5-8H,3-4,9-10H2,1-2H3,(H,16,17). The van der Waals surface area contributed by atoms with Crippen molar-refractivity contribution in [2.24, 2.45) is 0 Å². The zero-order valence-electron chi connectivity index (χ0n) is 11.7. The van der Waals surface area contributed by atoms with Gasteiger partial charge in [-0.2, -0.15) is 0 Å². The lowest BCUT2D eigenvalue weighted by molar-refractivity contribution is -0.135. The molecule has 6 nitrogen and oxygen atoms in total. The summed E-state index contributed by atoms with van der Waals surface area (Å²) in [5, 5.41) is 8.89. The molecule has 6 heteroatoms. The van der Waals surface area contributed by atoms with E-state index in [1.807, 2.05) is 6.92 Å². The summed E-state index contributed by atoms with van der Waals surface area (Å²) >= 11 is 0. The number of methoxy groups -OCH3 is 1. The van der Waals surface area contributed by atoms with Gasteiger partial charge in [-0.25, -0.2) is 4.79 Å². The lowest BCUT2D eigenvalue weighted by atomic mass is 10.3. The smallest absolute Gasteiger partial charge is 0.414 e. The number of rotatable bonds is 7. The van der Waals surface area contributed by atoms with Crippen molar-refractivity contribution in [3.8, 4) is 5.75 Å². The average molecular weight is 281 g/mol. The molecule has 0 atom stereocenters. The highest BCUT2D eigenvalue weighted by Gasteiger charge is 2.20. The molecule has 1 aromatic rings. The first kappa shape index (κ1) is 15.8. The van der Waals surface area contributed by atoms with Gasteiger partial charge < -0.3 is 14.6 Å². The Balaban J connectivity index is 2.81. The second kappa shape index (κ2) is 8.04. The molecule has 0 bridgehead atoms. The number of carbonyl (C=O) groups is 2. The van der Waals surface area contributed by atoms with Gasteiger partial charge in [0.05, 0.1) is 13.7 Å². The van der Waals surface area contributed by atoms with E-state index in [1.54, 1.807) is 24.3 Å². The third-order valence-electron chi connectivity index (χ3n) is 2.62. The van der Waals surface area contributed by atoms with Gasteiger partial charge in [-0.05, 0) is 30.7 Å². The highest BCUT2D eigenvalue weighted by atomic mass is 16.6.